The van der Waals surface area contributed by atoms with Gasteiger partial charge in [-0.15, -0.1) is 0 Å². The third-order valence-corrected chi connectivity index (χ3v) is 1.95. The van der Waals surface area contributed by atoms with E-state index in [1.807, 2.05) is 0 Å². The molecule has 0 aliphatic carbocycles. The molecule has 90 valence electrons. The highest BCUT2D eigenvalue weighted by atomic mass is 16.7. The van der Waals surface area contributed by atoms with E-state index in [1.54, 1.807) is 0 Å². The van der Waals surface area contributed by atoms with Crippen molar-refractivity contribution in [2.45, 2.75) is 31.5 Å². The minimum Gasteiger partial charge on any atom is -0.456 e. The van der Waals surface area contributed by atoms with Crippen LogP contribution < -0.4 is 0 Å². The van der Waals surface area contributed by atoms with Crippen molar-refractivity contribution in [3.63, 3.8) is 0 Å². The summed E-state index contributed by atoms with van der Waals surface area (Å²) in [6, 6.07) is 0. The molecule has 8 heteroatoms. The summed E-state index contributed by atoms with van der Waals surface area (Å²) in [4.78, 5) is 20.1. The molecule has 1 aliphatic rings. The van der Waals surface area contributed by atoms with Crippen LogP contribution in [0.4, 0.5) is 0 Å². The molecule has 8 nitrogen and oxygen atoms in total. The fourth-order valence-corrected chi connectivity index (χ4v) is 1.31. The van der Waals surface area contributed by atoms with Gasteiger partial charge in [0.25, 0.3) is 0 Å². The number of rotatable bonds is 3. The van der Waals surface area contributed by atoms with E-state index >= 15 is 0 Å². The van der Waals surface area contributed by atoms with Gasteiger partial charge < -0.3 is 19.7 Å². The maximum Gasteiger partial charge on any atom is 0.303 e. The van der Waals surface area contributed by atoms with Crippen LogP contribution in [0.3, 0.4) is 0 Å². The minimum absolute atomic E-state index is 0.589. The SMILES string of the molecule is CC(=O)O[C@@H]1[C@@H](O)[C@@H](O)O[C@@H]1/C=C/[N+](=O)[O-]. The first-order valence-corrected chi connectivity index (χ1v) is 4.42. The second-order valence-corrected chi connectivity index (χ2v) is 3.18. The maximum absolute atomic E-state index is 10.7. The average molecular weight is 233 g/mol. The van der Waals surface area contributed by atoms with Gasteiger partial charge in [0, 0.05) is 13.0 Å². The normalized spacial score (nSPS) is 34.2. The molecule has 4 atom stereocenters. The standard InChI is InChI=1S/C8H11NO7/c1-4(10)15-7-5(2-3-9(13)14)16-8(12)6(7)11/h2-3,5-8,11-12H,1H3/b3-2+/t5-,6-,7+,8+/m1/s1. The molecule has 1 heterocycles. The number of hydrogen-bond acceptors (Lipinski definition) is 7. The van der Waals surface area contributed by atoms with Gasteiger partial charge in [0.15, 0.2) is 12.4 Å². The van der Waals surface area contributed by atoms with Gasteiger partial charge in [-0.25, -0.2) is 0 Å². The Labute approximate surface area is 90.2 Å². The molecular formula is C8H11NO7. The number of carbonyl (C=O) groups is 1. The summed E-state index contributed by atoms with van der Waals surface area (Å²) in [5.74, 6) is -0.679. The summed E-state index contributed by atoms with van der Waals surface area (Å²) >= 11 is 0. The highest BCUT2D eigenvalue weighted by Crippen LogP contribution is 2.23. The summed E-state index contributed by atoms with van der Waals surface area (Å²) in [5, 5.41) is 28.6. The number of aliphatic hydroxyl groups is 2. The fraction of sp³-hybridized carbons (Fsp3) is 0.625. The number of ether oxygens (including phenoxy) is 2. The van der Waals surface area contributed by atoms with Crippen molar-refractivity contribution in [2.75, 3.05) is 0 Å². The summed E-state index contributed by atoms with van der Waals surface area (Å²) in [7, 11) is 0. The molecule has 0 aromatic heterocycles. The molecule has 2 N–H and O–H groups in total. The monoisotopic (exact) mass is 233 g/mol. The molecule has 1 rings (SSSR count). The molecule has 0 saturated carbocycles. The smallest absolute Gasteiger partial charge is 0.303 e. The van der Waals surface area contributed by atoms with E-state index in [0.717, 1.165) is 13.0 Å². The predicted octanol–water partition coefficient (Wildman–Crippen LogP) is -1.21. The van der Waals surface area contributed by atoms with E-state index in [0.29, 0.717) is 6.20 Å². The van der Waals surface area contributed by atoms with E-state index in [1.165, 1.54) is 0 Å². The largest absolute Gasteiger partial charge is 0.456 e. The van der Waals surface area contributed by atoms with Crippen molar-refractivity contribution in [2.24, 2.45) is 0 Å². The van der Waals surface area contributed by atoms with Gasteiger partial charge in [-0.2, -0.15) is 0 Å². The van der Waals surface area contributed by atoms with Gasteiger partial charge in [-0.05, 0) is 0 Å². The number of nitrogens with zero attached hydrogens (tertiary/aromatic N) is 1. The molecule has 0 aromatic carbocycles. The zero-order chi connectivity index (χ0) is 12.3. The van der Waals surface area contributed by atoms with E-state index in [-0.39, 0.29) is 0 Å². The lowest BCUT2D eigenvalue weighted by Crippen LogP contribution is -2.35. The maximum atomic E-state index is 10.7. The summed E-state index contributed by atoms with van der Waals surface area (Å²) < 4.78 is 9.47. The van der Waals surface area contributed by atoms with E-state index in [4.69, 9.17) is 14.6 Å². The van der Waals surface area contributed by atoms with Crippen LogP contribution in [0.5, 0.6) is 0 Å². The van der Waals surface area contributed by atoms with Gasteiger partial charge in [0.2, 0.25) is 6.20 Å². The molecule has 16 heavy (non-hydrogen) atoms. The second-order valence-electron chi connectivity index (χ2n) is 3.18. The molecule has 1 aliphatic heterocycles. The number of aliphatic hydroxyl groups excluding tert-OH is 2. The zero-order valence-corrected chi connectivity index (χ0v) is 8.35. The van der Waals surface area contributed by atoms with Gasteiger partial charge in [0.05, 0.1) is 4.92 Å². The lowest BCUT2D eigenvalue weighted by Gasteiger charge is -2.16. The fourth-order valence-electron chi connectivity index (χ4n) is 1.31. The Morgan fingerprint density at radius 1 is 1.56 bits per heavy atom. The lowest BCUT2D eigenvalue weighted by atomic mass is 10.1. The van der Waals surface area contributed by atoms with E-state index in [2.05, 4.69) is 0 Å². The Morgan fingerprint density at radius 3 is 2.69 bits per heavy atom. The molecule has 1 saturated heterocycles. The van der Waals surface area contributed by atoms with Gasteiger partial charge in [-0.1, -0.05) is 0 Å². The Bertz CT molecular complexity index is 316. The van der Waals surface area contributed by atoms with Crippen molar-refractivity contribution in [3.8, 4) is 0 Å². The highest BCUT2D eigenvalue weighted by molar-refractivity contribution is 5.66. The first kappa shape index (κ1) is 12.6. The quantitative estimate of drug-likeness (QED) is 0.356. The Balaban J connectivity index is 2.74. The number of nitro groups is 1. The Morgan fingerprint density at radius 2 is 2.19 bits per heavy atom. The first-order valence-electron chi connectivity index (χ1n) is 4.42. The molecular weight excluding hydrogens is 222 g/mol. The summed E-state index contributed by atoms with van der Waals surface area (Å²) in [6.45, 7) is 1.12. The minimum atomic E-state index is -1.54. The average Bonchev–Trinajstić information content (AvgIpc) is 2.42. The van der Waals surface area contributed by atoms with Crippen LogP contribution in [0.2, 0.25) is 0 Å². The van der Waals surface area contributed by atoms with Gasteiger partial charge >= 0.3 is 5.97 Å². The van der Waals surface area contributed by atoms with Crippen molar-refractivity contribution in [1.82, 2.24) is 0 Å². The molecule has 0 amide bonds. The van der Waals surface area contributed by atoms with Crippen LogP contribution in [0.15, 0.2) is 12.3 Å². The van der Waals surface area contributed by atoms with Crippen LogP contribution in [0, 0.1) is 10.1 Å². The summed E-state index contributed by atoms with van der Waals surface area (Å²) in [5.41, 5.74) is 0. The summed E-state index contributed by atoms with van der Waals surface area (Å²) in [6.07, 6.45) is -3.57. The van der Waals surface area contributed by atoms with Crippen LogP contribution in [-0.4, -0.2) is 45.7 Å². The van der Waals surface area contributed by atoms with E-state index in [9.17, 15) is 20.0 Å². The highest BCUT2D eigenvalue weighted by Gasteiger charge is 2.44. The van der Waals surface area contributed by atoms with Gasteiger partial charge in [0.1, 0.15) is 12.2 Å². The van der Waals surface area contributed by atoms with Gasteiger partial charge in [-0.3, -0.25) is 14.9 Å². The molecule has 0 spiro atoms. The molecule has 0 aromatic rings. The van der Waals surface area contributed by atoms with Crippen molar-refractivity contribution >= 4 is 5.97 Å². The van der Waals surface area contributed by atoms with Crippen molar-refractivity contribution < 1.29 is 29.4 Å². The molecule has 1 fully saturated rings. The van der Waals surface area contributed by atoms with Crippen LogP contribution in [0.25, 0.3) is 0 Å². The lowest BCUT2D eigenvalue weighted by molar-refractivity contribution is -0.403. The zero-order valence-electron chi connectivity index (χ0n) is 8.35. The van der Waals surface area contributed by atoms with Crippen LogP contribution in [0.1, 0.15) is 6.92 Å². The van der Waals surface area contributed by atoms with Crippen LogP contribution in [-0.2, 0) is 14.3 Å². The number of hydrogen-bond donors (Lipinski definition) is 2. The molecule has 0 unspecified atom stereocenters. The Hall–Kier alpha value is -1.51. The van der Waals surface area contributed by atoms with Crippen LogP contribution >= 0.6 is 0 Å². The first-order chi connectivity index (χ1) is 7.41. The third kappa shape index (κ3) is 2.99. The molecule has 0 bridgehead atoms. The second kappa shape index (κ2) is 5.01. The third-order valence-electron chi connectivity index (χ3n) is 1.95. The number of esters is 1. The number of carbonyl (C=O) groups excluding carboxylic acids is 1. The predicted molar refractivity (Wildman–Crippen MR) is 48.6 cm³/mol. The van der Waals surface area contributed by atoms with Crippen molar-refractivity contribution in [1.29, 1.82) is 0 Å². The van der Waals surface area contributed by atoms with Crippen molar-refractivity contribution in [3.05, 3.63) is 22.4 Å². The topological polar surface area (TPSA) is 119 Å². The van der Waals surface area contributed by atoms with E-state index < -0.39 is 35.5 Å². The Kier molecular flexibility index (Phi) is 3.93. The molecule has 0 radical (unpaired) electrons.